The van der Waals surface area contributed by atoms with Crippen molar-refractivity contribution in [1.82, 2.24) is 4.90 Å². The molecule has 2 aliphatic carbocycles. The Balaban J connectivity index is 1.36. The van der Waals surface area contributed by atoms with Crippen LogP contribution in [0.3, 0.4) is 0 Å². The number of likely N-dealkylation sites (tertiary alicyclic amines) is 1. The molecule has 2 aromatic rings. The molecule has 194 valence electrons. The summed E-state index contributed by atoms with van der Waals surface area (Å²) in [5, 5.41) is 11.4. The topological polar surface area (TPSA) is 91.2 Å². The Morgan fingerprint density at radius 2 is 1.51 bits per heavy atom. The fraction of sp³-hybridized carbons (Fsp3) is 0.500. The van der Waals surface area contributed by atoms with Gasteiger partial charge in [0.05, 0.1) is 16.8 Å². The van der Waals surface area contributed by atoms with Crippen molar-refractivity contribution in [2.24, 2.45) is 27.5 Å². The number of carbonyl (C=O) groups is 3. The van der Waals surface area contributed by atoms with E-state index < -0.39 is 11.3 Å². The van der Waals surface area contributed by atoms with E-state index in [0.29, 0.717) is 30.1 Å². The van der Waals surface area contributed by atoms with E-state index in [9.17, 15) is 14.4 Å². The lowest BCUT2D eigenvalue weighted by atomic mass is 9.71. The van der Waals surface area contributed by atoms with Crippen LogP contribution in [0.15, 0.2) is 64.8 Å². The molecule has 2 aromatic carbocycles. The summed E-state index contributed by atoms with van der Waals surface area (Å²) in [5.41, 5.74) is 1.08. The summed E-state index contributed by atoms with van der Waals surface area (Å²) in [4.78, 5) is 43.0. The zero-order chi connectivity index (χ0) is 25.8. The first-order chi connectivity index (χ1) is 18.0. The summed E-state index contributed by atoms with van der Waals surface area (Å²) < 4.78 is 0. The Morgan fingerprint density at radius 1 is 0.838 bits per heavy atom. The van der Waals surface area contributed by atoms with E-state index in [1.54, 1.807) is 24.3 Å². The summed E-state index contributed by atoms with van der Waals surface area (Å²) in [6, 6.07) is 16.5. The van der Waals surface area contributed by atoms with Gasteiger partial charge in [0.25, 0.3) is 0 Å². The van der Waals surface area contributed by atoms with Crippen LogP contribution < -0.4 is 5.32 Å². The van der Waals surface area contributed by atoms with Crippen LogP contribution in [0.25, 0.3) is 0 Å². The standard InChI is InChI=1S/C30H36N4O3/c1-21-9-8-19-30(20-18-21)26(28(36)34(29(30)37)25-12-6-3-7-13-25)27(35)31-22-14-16-24(17-15-22)33-32-23-10-4-2-5-11-23/h2,4-5,10-11,14-17,21,25-26H,3,6-9,12-13,18-20H2,1H3,(H,31,35). The smallest absolute Gasteiger partial charge is 0.243 e. The minimum atomic E-state index is -0.968. The molecule has 37 heavy (non-hydrogen) atoms. The number of amides is 3. The monoisotopic (exact) mass is 500 g/mol. The van der Waals surface area contributed by atoms with E-state index in [4.69, 9.17) is 0 Å². The maximum absolute atomic E-state index is 14.0. The van der Waals surface area contributed by atoms with Gasteiger partial charge in [0.15, 0.2) is 0 Å². The Hall–Kier alpha value is -3.35. The molecule has 2 saturated carbocycles. The maximum atomic E-state index is 14.0. The molecule has 1 N–H and O–H groups in total. The molecule has 0 aromatic heterocycles. The van der Waals surface area contributed by atoms with E-state index in [2.05, 4.69) is 22.5 Å². The summed E-state index contributed by atoms with van der Waals surface area (Å²) in [6.45, 7) is 2.20. The number of benzene rings is 2. The van der Waals surface area contributed by atoms with Crippen molar-refractivity contribution in [3.63, 3.8) is 0 Å². The molecule has 3 amide bonds. The number of rotatable bonds is 5. The zero-order valence-electron chi connectivity index (χ0n) is 21.6. The average molecular weight is 501 g/mol. The number of hydrogen-bond acceptors (Lipinski definition) is 5. The molecule has 1 heterocycles. The summed E-state index contributed by atoms with van der Waals surface area (Å²) in [6.07, 6.45) is 8.83. The van der Waals surface area contributed by atoms with Crippen molar-refractivity contribution in [1.29, 1.82) is 0 Å². The molecule has 7 nitrogen and oxygen atoms in total. The van der Waals surface area contributed by atoms with Crippen LogP contribution in [0.1, 0.15) is 71.1 Å². The summed E-state index contributed by atoms with van der Waals surface area (Å²) >= 11 is 0. The lowest BCUT2D eigenvalue weighted by Gasteiger charge is -2.32. The molecule has 1 spiro atoms. The van der Waals surface area contributed by atoms with E-state index in [0.717, 1.165) is 57.1 Å². The van der Waals surface area contributed by atoms with Crippen LogP contribution in [-0.2, 0) is 14.4 Å². The Bertz CT molecular complexity index is 1160. The molecule has 7 heteroatoms. The van der Waals surface area contributed by atoms with Gasteiger partial charge in [-0.3, -0.25) is 19.3 Å². The molecule has 1 aliphatic heterocycles. The number of anilines is 1. The van der Waals surface area contributed by atoms with Gasteiger partial charge in [-0.2, -0.15) is 10.2 Å². The highest BCUT2D eigenvalue weighted by Gasteiger charge is 2.62. The highest BCUT2D eigenvalue weighted by Crippen LogP contribution is 2.51. The van der Waals surface area contributed by atoms with E-state index in [1.807, 2.05) is 30.3 Å². The molecule has 1 saturated heterocycles. The van der Waals surface area contributed by atoms with Crippen molar-refractivity contribution >= 4 is 34.8 Å². The van der Waals surface area contributed by atoms with Crippen LogP contribution in [0.5, 0.6) is 0 Å². The number of nitrogens with one attached hydrogen (secondary N) is 1. The lowest BCUT2D eigenvalue weighted by molar-refractivity contribution is -0.145. The van der Waals surface area contributed by atoms with Gasteiger partial charge in [-0.15, -0.1) is 0 Å². The van der Waals surface area contributed by atoms with Crippen LogP contribution in [-0.4, -0.2) is 28.7 Å². The predicted octanol–water partition coefficient (Wildman–Crippen LogP) is 6.94. The third kappa shape index (κ3) is 5.22. The highest BCUT2D eigenvalue weighted by atomic mass is 16.2. The SMILES string of the molecule is CC1CCCC2(CC1)C(=O)N(C1CCCCC1)C(=O)C2C(=O)Nc1ccc(N=Nc2ccccc2)cc1. The normalized spacial score (nSPS) is 27.1. The minimum Gasteiger partial charge on any atom is -0.325 e. The van der Waals surface area contributed by atoms with Crippen molar-refractivity contribution in [3.8, 4) is 0 Å². The van der Waals surface area contributed by atoms with Gasteiger partial charge < -0.3 is 5.32 Å². The molecule has 0 bridgehead atoms. The molecule has 3 atom stereocenters. The van der Waals surface area contributed by atoms with Gasteiger partial charge in [0.2, 0.25) is 17.7 Å². The number of hydrogen-bond donors (Lipinski definition) is 1. The van der Waals surface area contributed by atoms with Crippen LogP contribution in [0.4, 0.5) is 17.1 Å². The molecular formula is C30H36N4O3. The largest absolute Gasteiger partial charge is 0.325 e. The van der Waals surface area contributed by atoms with Gasteiger partial charge in [0.1, 0.15) is 5.92 Å². The van der Waals surface area contributed by atoms with Crippen molar-refractivity contribution in [2.75, 3.05) is 5.32 Å². The Morgan fingerprint density at radius 3 is 2.22 bits per heavy atom. The van der Waals surface area contributed by atoms with Crippen molar-refractivity contribution < 1.29 is 14.4 Å². The molecule has 3 aliphatic rings. The fourth-order valence-electron chi connectivity index (χ4n) is 6.36. The van der Waals surface area contributed by atoms with Crippen LogP contribution >= 0.6 is 0 Å². The van der Waals surface area contributed by atoms with Crippen molar-refractivity contribution in [3.05, 3.63) is 54.6 Å². The lowest BCUT2D eigenvalue weighted by Crippen LogP contribution is -2.43. The first-order valence-corrected chi connectivity index (χ1v) is 13.7. The Kier molecular flexibility index (Phi) is 7.49. The summed E-state index contributed by atoms with van der Waals surface area (Å²) in [7, 11) is 0. The predicted molar refractivity (Wildman–Crippen MR) is 143 cm³/mol. The minimum absolute atomic E-state index is 0.0710. The number of nitrogens with zero attached hydrogens (tertiary/aromatic N) is 3. The second-order valence-corrected chi connectivity index (χ2v) is 11.0. The average Bonchev–Trinajstić information content (AvgIpc) is 3.01. The molecular weight excluding hydrogens is 464 g/mol. The van der Waals surface area contributed by atoms with Gasteiger partial charge >= 0.3 is 0 Å². The van der Waals surface area contributed by atoms with Gasteiger partial charge in [-0.05, 0) is 74.4 Å². The highest BCUT2D eigenvalue weighted by molar-refractivity contribution is 6.19. The quantitative estimate of drug-likeness (QED) is 0.274. The fourth-order valence-corrected chi connectivity index (χ4v) is 6.36. The van der Waals surface area contributed by atoms with Crippen molar-refractivity contribution in [2.45, 2.75) is 77.2 Å². The van der Waals surface area contributed by atoms with Gasteiger partial charge in [-0.1, -0.05) is 57.2 Å². The second kappa shape index (κ2) is 11.0. The van der Waals surface area contributed by atoms with Crippen LogP contribution in [0.2, 0.25) is 0 Å². The zero-order valence-corrected chi connectivity index (χ0v) is 21.6. The molecule has 5 rings (SSSR count). The molecule has 3 fully saturated rings. The number of azo groups is 1. The molecule has 3 unspecified atom stereocenters. The summed E-state index contributed by atoms with van der Waals surface area (Å²) in [5.74, 6) is -1.24. The third-order valence-corrected chi connectivity index (χ3v) is 8.46. The molecule has 0 radical (unpaired) electrons. The Labute approximate surface area is 218 Å². The first kappa shape index (κ1) is 25.3. The van der Waals surface area contributed by atoms with Gasteiger partial charge in [-0.25, -0.2) is 0 Å². The number of carbonyl (C=O) groups excluding carboxylic acids is 3. The van der Waals surface area contributed by atoms with Gasteiger partial charge in [0, 0.05) is 11.7 Å². The third-order valence-electron chi connectivity index (χ3n) is 8.46. The van der Waals surface area contributed by atoms with E-state index >= 15 is 0 Å². The van der Waals surface area contributed by atoms with E-state index in [-0.39, 0.29) is 23.8 Å². The number of imide groups is 1. The van der Waals surface area contributed by atoms with E-state index in [1.165, 1.54) is 4.90 Å². The first-order valence-electron chi connectivity index (χ1n) is 13.7. The maximum Gasteiger partial charge on any atom is 0.243 e. The van der Waals surface area contributed by atoms with Crippen LogP contribution in [0, 0.1) is 17.3 Å². The second-order valence-electron chi connectivity index (χ2n) is 11.0.